The second-order valence-corrected chi connectivity index (χ2v) is 4.12. The molecule has 5 N–H and O–H groups in total. The first-order valence-electron chi connectivity index (χ1n) is 4.55. The highest BCUT2D eigenvalue weighted by atomic mass is 79.9. The van der Waals surface area contributed by atoms with Crippen molar-refractivity contribution >= 4 is 39.0 Å². The van der Waals surface area contributed by atoms with Crippen LogP contribution in [0.5, 0.6) is 0 Å². The van der Waals surface area contributed by atoms with Gasteiger partial charge in [-0.15, -0.1) is 5.10 Å². The maximum absolute atomic E-state index is 5.17. The Bertz CT molecular complexity index is 566. The zero-order valence-electron chi connectivity index (χ0n) is 8.31. The number of nitrogens with zero attached hydrogens (tertiary/aromatic N) is 2. The SMILES string of the molecule is NC(N)=N/N=C\c1c[nH]c2ccc(Br)cc12. The van der Waals surface area contributed by atoms with Crippen LogP contribution in [0.15, 0.2) is 39.1 Å². The third kappa shape index (κ3) is 2.22. The van der Waals surface area contributed by atoms with Crippen LogP contribution in [0.4, 0.5) is 0 Å². The van der Waals surface area contributed by atoms with Crippen molar-refractivity contribution in [2.75, 3.05) is 0 Å². The molecule has 2 rings (SSSR count). The Labute approximate surface area is 100 Å². The number of halogens is 1. The summed E-state index contributed by atoms with van der Waals surface area (Å²) in [7, 11) is 0. The number of nitrogens with two attached hydrogens (primary N) is 2. The fourth-order valence-corrected chi connectivity index (χ4v) is 1.74. The largest absolute Gasteiger partial charge is 0.369 e. The molecule has 0 atom stereocenters. The molecule has 1 aromatic heterocycles. The van der Waals surface area contributed by atoms with Crippen LogP contribution >= 0.6 is 15.9 Å². The predicted molar refractivity (Wildman–Crippen MR) is 69.4 cm³/mol. The van der Waals surface area contributed by atoms with Crippen molar-refractivity contribution in [3.8, 4) is 0 Å². The summed E-state index contributed by atoms with van der Waals surface area (Å²) in [5.41, 5.74) is 12.3. The van der Waals surface area contributed by atoms with Gasteiger partial charge in [-0.3, -0.25) is 0 Å². The molecule has 6 heteroatoms. The van der Waals surface area contributed by atoms with E-state index in [2.05, 4.69) is 31.1 Å². The number of rotatable bonds is 2. The van der Waals surface area contributed by atoms with Gasteiger partial charge >= 0.3 is 0 Å². The number of benzene rings is 1. The van der Waals surface area contributed by atoms with E-state index in [0.717, 1.165) is 20.9 Å². The normalized spacial score (nSPS) is 11.1. The lowest BCUT2D eigenvalue weighted by molar-refractivity contribution is 1.22. The minimum atomic E-state index is -0.0581. The summed E-state index contributed by atoms with van der Waals surface area (Å²) in [6.45, 7) is 0. The van der Waals surface area contributed by atoms with E-state index in [1.165, 1.54) is 0 Å². The summed E-state index contributed by atoms with van der Waals surface area (Å²) < 4.78 is 1.01. The third-order valence-electron chi connectivity index (χ3n) is 2.05. The maximum atomic E-state index is 5.17. The number of aromatic nitrogens is 1. The van der Waals surface area contributed by atoms with Crippen molar-refractivity contribution in [3.05, 3.63) is 34.4 Å². The molecule has 82 valence electrons. The summed E-state index contributed by atoms with van der Waals surface area (Å²) in [6.07, 6.45) is 3.45. The number of guanidine groups is 1. The van der Waals surface area contributed by atoms with Crippen LogP contribution in [-0.4, -0.2) is 17.2 Å². The highest BCUT2D eigenvalue weighted by molar-refractivity contribution is 9.10. The van der Waals surface area contributed by atoms with Gasteiger partial charge in [0, 0.05) is 27.1 Å². The van der Waals surface area contributed by atoms with Gasteiger partial charge in [-0.1, -0.05) is 15.9 Å². The minimum absolute atomic E-state index is 0.0581. The van der Waals surface area contributed by atoms with Crippen molar-refractivity contribution in [2.45, 2.75) is 0 Å². The van der Waals surface area contributed by atoms with E-state index in [1.807, 2.05) is 24.4 Å². The molecule has 0 spiro atoms. The van der Waals surface area contributed by atoms with Crippen molar-refractivity contribution in [1.29, 1.82) is 0 Å². The average molecular weight is 280 g/mol. The Morgan fingerprint density at radius 2 is 2.19 bits per heavy atom. The summed E-state index contributed by atoms with van der Waals surface area (Å²) >= 11 is 3.42. The summed E-state index contributed by atoms with van der Waals surface area (Å²) in [5, 5.41) is 8.37. The number of hydrogen-bond donors (Lipinski definition) is 3. The summed E-state index contributed by atoms with van der Waals surface area (Å²) in [4.78, 5) is 3.13. The van der Waals surface area contributed by atoms with Crippen LogP contribution < -0.4 is 11.5 Å². The molecule has 1 heterocycles. The van der Waals surface area contributed by atoms with Gasteiger partial charge in [0.25, 0.3) is 0 Å². The van der Waals surface area contributed by atoms with Gasteiger partial charge in [0.1, 0.15) is 0 Å². The van der Waals surface area contributed by atoms with Gasteiger partial charge in [-0.25, -0.2) is 0 Å². The zero-order valence-corrected chi connectivity index (χ0v) is 9.90. The van der Waals surface area contributed by atoms with Gasteiger partial charge in [-0.2, -0.15) is 5.10 Å². The van der Waals surface area contributed by atoms with Crippen LogP contribution in [0.3, 0.4) is 0 Å². The predicted octanol–water partition coefficient (Wildman–Crippen LogP) is 1.54. The summed E-state index contributed by atoms with van der Waals surface area (Å²) in [5.74, 6) is -0.0581. The molecule has 16 heavy (non-hydrogen) atoms. The average Bonchev–Trinajstić information content (AvgIpc) is 2.60. The van der Waals surface area contributed by atoms with E-state index in [0.29, 0.717) is 0 Å². The zero-order chi connectivity index (χ0) is 11.5. The van der Waals surface area contributed by atoms with E-state index in [9.17, 15) is 0 Å². The maximum Gasteiger partial charge on any atom is 0.211 e. The Morgan fingerprint density at radius 1 is 1.38 bits per heavy atom. The quantitative estimate of drug-likeness (QED) is 0.442. The van der Waals surface area contributed by atoms with E-state index in [-0.39, 0.29) is 5.96 Å². The fraction of sp³-hybridized carbons (Fsp3) is 0. The Morgan fingerprint density at radius 3 is 2.94 bits per heavy atom. The summed E-state index contributed by atoms with van der Waals surface area (Å²) in [6, 6.07) is 5.95. The molecule has 0 radical (unpaired) electrons. The van der Waals surface area contributed by atoms with Crippen LogP contribution in [0.1, 0.15) is 5.56 Å². The third-order valence-corrected chi connectivity index (χ3v) is 2.54. The monoisotopic (exact) mass is 279 g/mol. The first kappa shape index (κ1) is 10.7. The molecule has 0 saturated heterocycles. The van der Waals surface area contributed by atoms with Gasteiger partial charge < -0.3 is 16.5 Å². The van der Waals surface area contributed by atoms with Gasteiger partial charge in [0.15, 0.2) is 0 Å². The molecule has 0 unspecified atom stereocenters. The highest BCUT2D eigenvalue weighted by Crippen LogP contribution is 2.21. The lowest BCUT2D eigenvalue weighted by atomic mass is 10.2. The molecule has 0 aliphatic rings. The van der Waals surface area contributed by atoms with Crippen molar-refractivity contribution < 1.29 is 0 Å². The van der Waals surface area contributed by atoms with Crippen LogP contribution in [0.2, 0.25) is 0 Å². The first-order valence-corrected chi connectivity index (χ1v) is 5.35. The molecule has 0 amide bonds. The number of aromatic amines is 1. The first-order chi connectivity index (χ1) is 7.66. The molecule has 0 aliphatic carbocycles. The molecule has 0 aliphatic heterocycles. The van der Waals surface area contributed by atoms with Crippen molar-refractivity contribution in [3.63, 3.8) is 0 Å². The molecular formula is C10H10BrN5. The molecular weight excluding hydrogens is 270 g/mol. The fourth-order valence-electron chi connectivity index (χ4n) is 1.38. The second kappa shape index (κ2) is 4.36. The Balaban J connectivity index is 2.41. The number of fused-ring (bicyclic) bond motifs is 1. The number of hydrogen-bond acceptors (Lipinski definition) is 2. The molecule has 0 bridgehead atoms. The van der Waals surface area contributed by atoms with Crippen molar-refractivity contribution in [1.82, 2.24) is 4.98 Å². The molecule has 0 fully saturated rings. The minimum Gasteiger partial charge on any atom is -0.369 e. The van der Waals surface area contributed by atoms with E-state index in [1.54, 1.807) is 6.21 Å². The lowest BCUT2D eigenvalue weighted by Gasteiger charge is -1.92. The Hall–Kier alpha value is -1.82. The standard InChI is InChI=1S/C10H10BrN5/c11-7-1-2-9-8(3-7)6(4-14-9)5-15-16-10(12)13/h1-5,14H,(H4,12,13,16)/b15-5-. The molecule has 1 aromatic carbocycles. The van der Waals surface area contributed by atoms with E-state index < -0.39 is 0 Å². The molecule has 0 saturated carbocycles. The van der Waals surface area contributed by atoms with Crippen LogP contribution in [-0.2, 0) is 0 Å². The van der Waals surface area contributed by atoms with Crippen LogP contribution in [0, 0.1) is 0 Å². The lowest BCUT2D eigenvalue weighted by Crippen LogP contribution is -2.21. The molecule has 2 aromatic rings. The van der Waals surface area contributed by atoms with Gasteiger partial charge in [0.05, 0.1) is 6.21 Å². The number of nitrogens with one attached hydrogen (secondary N) is 1. The smallest absolute Gasteiger partial charge is 0.211 e. The van der Waals surface area contributed by atoms with E-state index >= 15 is 0 Å². The van der Waals surface area contributed by atoms with Crippen molar-refractivity contribution in [2.24, 2.45) is 21.7 Å². The van der Waals surface area contributed by atoms with Crippen LogP contribution in [0.25, 0.3) is 10.9 Å². The van der Waals surface area contributed by atoms with Gasteiger partial charge in [0.2, 0.25) is 5.96 Å². The second-order valence-electron chi connectivity index (χ2n) is 3.20. The highest BCUT2D eigenvalue weighted by Gasteiger charge is 2.01. The van der Waals surface area contributed by atoms with E-state index in [4.69, 9.17) is 11.5 Å². The number of H-pyrrole nitrogens is 1. The van der Waals surface area contributed by atoms with Gasteiger partial charge in [-0.05, 0) is 18.2 Å². The topological polar surface area (TPSA) is 92.6 Å². The Kier molecular flexibility index (Phi) is 2.91. The molecule has 5 nitrogen and oxygen atoms in total.